The van der Waals surface area contributed by atoms with Gasteiger partial charge < -0.3 is 0 Å². The lowest BCUT2D eigenvalue weighted by molar-refractivity contribution is 1.21. The van der Waals surface area contributed by atoms with Gasteiger partial charge in [-0.3, -0.25) is 0 Å². The molecule has 1 aromatic rings. The van der Waals surface area contributed by atoms with Crippen LogP contribution in [0.25, 0.3) is 0 Å². The van der Waals surface area contributed by atoms with Crippen molar-refractivity contribution in [3.8, 4) is 6.07 Å². The van der Waals surface area contributed by atoms with Gasteiger partial charge in [-0.15, -0.1) is 0 Å². The topological polar surface area (TPSA) is 23.8 Å². The summed E-state index contributed by atoms with van der Waals surface area (Å²) in [4.78, 5) is 0. The molecule has 0 atom stereocenters. The fourth-order valence-electron chi connectivity index (χ4n) is 0.939. The Hall–Kier alpha value is -0.0800. The maximum atomic E-state index is 8.54. The second kappa shape index (κ2) is 4.24. The molecule has 0 saturated carbocycles. The minimum atomic E-state index is 0.492. The van der Waals surface area contributed by atoms with Crippen molar-refractivity contribution in [1.82, 2.24) is 0 Å². The first kappa shape index (κ1) is 10.0. The Bertz CT molecular complexity index is 341. The monoisotopic (exact) mass is 335 g/mol. The van der Waals surface area contributed by atoms with Crippen molar-refractivity contribution < 1.29 is 0 Å². The van der Waals surface area contributed by atoms with Crippen LogP contribution >= 0.6 is 38.5 Å². The molecule has 0 heterocycles. The van der Waals surface area contributed by atoms with Gasteiger partial charge in [-0.2, -0.15) is 5.26 Å². The molecular formula is C9H7BrIN. The molecule has 12 heavy (non-hydrogen) atoms. The summed E-state index contributed by atoms with van der Waals surface area (Å²) >= 11 is 5.72. The van der Waals surface area contributed by atoms with E-state index >= 15 is 0 Å². The Kier molecular flexibility index (Phi) is 3.53. The number of nitrogens with zero attached hydrogens (tertiary/aromatic N) is 1. The predicted octanol–water partition coefficient (Wildman–Crippen LogP) is 3.43. The molecule has 0 radical (unpaired) electrons. The third-order valence-electron chi connectivity index (χ3n) is 1.67. The van der Waals surface area contributed by atoms with Gasteiger partial charge in [0.15, 0.2) is 0 Å². The molecule has 3 heteroatoms. The predicted molar refractivity (Wildman–Crippen MR) is 60.9 cm³/mol. The largest absolute Gasteiger partial charge is 0.198 e. The van der Waals surface area contributed by atoms with Crippen LogP contribution < -0.4 is 0 Å². The molecule has 0 bridgehead atoms. The number of nitriles is 1. The van der Waals surface area contributed by atoms with E-state index in [9.17, 15) is 0 Å². The molecule has 0 amide bonds. The first-order chi connectivity index (χ1) is 5.66. The Morgan fingerprint density at radius 1 is 1.58 bits per heavy atom. The lowest BCUT2D eigenvalue weighted by Crippen LogP contribution is -1.91. The van der Waals surface area contributed by atoms with Gasteiger partial charge in [0, 0.05) is 8.04 Å². The van der Waals surface area contributed by atoms with Gasteiger partial charge in [-0.05, 0) is 46.7 Å². The maximum absolute atomic E-state index is 8.54. The first-order valence-electron chi connectivity index (χ1n) is 3.47. The average Bonchev–Trinajstić information content (AvgIpc) is 2.07. The lowest BCUT2D eigenvalue weighted by atomic mass is 10.1. The number of benzene rings is 1. The molecule has 1 rings (SSSR count). The van der Waals surface area contributed by atoms with E-state index in [1.165, 1.54) is 9.13 Å². The van der Waals surface area contributed by atoms with Crippen molar-refractivity contribution in [1.29, 1.82) is 5.26 Å². The van der Waals surface area contributed by atoms with Gasteiger partial charge in [-0.1, -0.05) is 22.0 Å². The van der Waals surface area contributed by atoms with Crippen LogP contribution in [-0.2, 0) is 6.42 Å². The molecule has 0 aliphatic heterocycles. The zero-order valence-corrected chi connectivity index (χ0v) is 10.3. The quantitative estimate of drug-likeness (QED) is 0.721. The third-order valence-corrected chi connectivity index (χ3v) is 4.03. The first-order valence-corrected chi connectivity index (χ1v) is 5.34. The summed E-state index contributed by atoms with van der Waals surface area (Å²) in [5, 5.41) is 8.54. The summed E-state index contributed by atoms with van der Waals surface area (Å²) in [5.74, 6) is 0. The van der Waals surface area contributed by atoms with Crippen LogP contribution in [0.2, 0.25) is 0 Å². The van der Waals surface area contributed by atoms with Crippen molar-refractivity contribution >= 4 is 38.5 Å². The molecule has 0 aliphatic rings. The van der Waals surface area contributed by atoms with E-state index in [0.29, 0.717) is 6.42 Å². The average molecular weight is 336 g/mol. The van der Waals surface area contributed by atoms with E-state index in [2.05, 4.69) is 44.6 Å². The van der Waals surface area contributed by atoms with Crippen molar-refractivity contribution in [3.05, 3.63) is 31.3 Å². The van der Waals surface area contributed by atoms with E-state index in [4.69, 9.17) is 5.26 Å². The molecule has 0 spiro atoms. The number of hydrogen-bond acceptors (Lipinski definition) is 1. The van der Waals surface area contributed by atoms with Gasteiger partial charge >= 0.3 is 0 Å². The van der Waals surface area contributed by atoms with Crippen LogP contribution in [0.15, 0.2) is 16.6 Å². The summed E-state index contributed by atoms with van der Waals surface area (Å²) in [6.45, 7) is 2.05. The smallest absolute Gasteiger partial charge is 0.0670 e. The molecule has 0 unspecified atom stereocenters. The molecule has 0 N–H and O–H groups in total. The van der Waals surface area contributed by atoms with Crippen molar-refractivity contribution in [3.63, 3.8) is 0 Å². The van der Waals surface area contributed by atoms with Gasteiger partial charge in [0.2, 0.25) is 0 Å². The van der Waals surface area contributed by atoms with Gasteiger partial charge in [0.25, 0.3) is 0 Å². The van der Waals surface area contributed by atoms with Crippen LogP contribution in [-0.4, -0.2) is 0 Å². The third kappa shape index (κ3) is 1.99. The highest BCUT2D eigenvalue weighted by atomic mass is 127. The molecular weight excluding hydrogens is 329 g/mol. The molecule has 62 valence electrons. The van der Waals surface area contributed by atoms with Gasteiger partial charge in [0.05, 0.1) is 12.5 Å². The number of hydrogen-bond donors (Lipinski definition) is 0. The van der Waals surface area contributed by atoms with Crippen LogP contribution in [0.4, 0.5) is 0 Å². The minimum absolute atomic E-state index is 0.492. The summed E-state index contributed by atoms with van der Waals surface area (Å²) in [5.41, 5.74) is 2.32. The normalized spacial score (nSPS) is 9.50. The highest BCUT2D eigenvalue weighted by Crippen LogP contribution is 2.24. The highest BCUT2D eigenvalue weighted by molar-refractivity contribution is 14.1. The standard InChI is InChI=1S/C9H7BrIN/c1-6-8(10)3-2-7(4-5-12)9(6)11/h2-3H,4H2,1H3. The Morgan fingerprint density at radius 2 is 2.25 bits per heavy atom. The second-order valence-corrected chi connectivity index (χ2v) is 4.41. The Balaban J connectivity index is 3.19. The SMILES string of the molecule is Cc1c(Br)ccc(CC#N)c1I. The highest BCUT2D eigenvalue weighted by Gasteiger charge is 2.04. The fraction of sp³-hybridized carbons (Fsp3) is 0.222. The number of halogens is 2. The molecule has 1 aromatic carbocycles. The van der Waals surface area contributed by atoms with E-state index in [1.807, 2.05) is 19.1 Å². The zero-order valence-electron chi connectivity index (χ0n) is 6.56. The van der Waals surface area contributed by atoms with Crippen molar-refractivity contribution in [2.24, 2.45) is 0 Å². The van der Waals surface area contributed by atoms with Crippen LogP contribution in [0.1, 0.15) is 11.1 Å². The van der Waals surface area contributed by atoms with Gasteiger partial charge in [-0.25, -0.2) is 0 Å². The van der Waals surface area contributed by atoms with E-state index < -0.39 is 0 Å². The maximum Gasteiger partial charge on any atom is 0.0670 e. The van der Waals surface area contributed by atoms with Crippen LogP contribution in [0.5, 0.6) is 0 Å². The molecule has 1 nitrogen and oxygen atoms in total. The lowest BCUT2D eigenvalue weighted by Gasteiger charge is -2.05. The van der Waals surface area contributed by atoms with Crippen LogP contribution in [0, 0.1) is 21.8 Å². The van der Waals surface area contributed by atoms with Crippen molar-refractivity contribution in [2.75, 3.05) is 0 Å². The Labute approximate surface area is 94.0 Å². The van der Waals surface area contributed by atoms with Crippen molar-refractivity contribution in [2.45, 2.75) is 13.3 Å². The van der Waals surface area contributed by atoms with Gasteiger partial charge in [0.1, 0.15) is 0 Å². The molecule has 0 saturated heterocycles. The second-order valence-electron chi connectivity index (χ2n) is 2.48. The minimum Gasteiger partial charge on any atom is -0.198 e. The summed E-state index contributed by atoms with van der Waals surface area (Å²) < 4.78 is 2.29. The molecule has 0 fully saturated rings. The number of rotatable bonds is 1. The molecule has 0 aliphatic carbocycles. The zero-order chi connectivity index (χ0) is 9.14. The summed E-state index contributed by atoms with van der Waals surface area (Å²) in [6.07, 6.45) is 0.492. The summed E-state index contributed by atoms with van der Waals surface area (Å²) in [6, 6.07) is 6.13. The van der Waals surface area contributed by atoms with E-state index in [1.54, 1.807) is 0 Å². The molecule has 0 aromatic heterocycles. The summed E-state index contributed by atoms with van der Waals surface area (Å²) in [7, 11) is 0. The van der Waals surface area contributed by atoms with E-state index in [0.717, 1.165) is 10.0 Å². The van der Waals surface area contributed by atoms with E-state index in [-0.39, 0.29) is 0 Å². The van der Waals surface area contributed by atoms with Crippen LogP contribution in [0.3, 0.4) is 0 Å². The fourth-order valence-corrected chi connectivity index (χ4v) is 2.30. The Morgan fingerprint density at radius 3 is 2.83 bits per heavy atom.